The molecule has 0 fully saturated rings. The predicted octanol–water partition coefficient (Wildman–Crippen LogP) is 4.80. The van der Waals surface area contributed by atoms with Crippen LogP contribution in [-0.4, -0.2) is 11.4 Å². The van der Waals surface area contributed by atoms with Gasteiger partial charge in [-0.25, -0.2) is 0 Å². The summed E-state index contributed by atoms with van der Waals surface area (Å²) in [6, 6.07) is 6.68. The van der Waals surface area contributed by atoms with Crippen LogP contribution in [0.3, 0.4) is 0 Å². The van der Waals surface area contributed by atoms with Gasteiger partial charge in [0.15, 0.2) is 0 Å². The van der Waals surface area contributed by atoms with Crippen molar-refractivity contribution in [1.82, 2.24) is 0 Å². The van der Waals surface area contributed by atoms with E-state index in [1.807, 2.05) is 0 Å². The van der Waals surface area contributed by atoms with E-state index in [-0.39, 0.29) is 27.4 Å². The molecule has 0 spiro atoms. The first-order valence-corrected chi connectivity index (χ1v) is 6.45. The second-order valence-electron chi connectivity index (χ2n) is 3.63. The number of rotatable bonds is 3. The molecule has 1 N–H and O–H groups in total. The monoisotopic (exact) mass is 321 g/mol. The van der Waals surface area contributed by atoms with E-state index in [0.29, 0.717) is 5.69 Å². The van der Waals surface area contributed by atoms with Crippen LogP contribution in [0.1, 0.15) is 10.4 Å². The van der Waals surface area contributed by atoms with Crippen molar-refractivity contribution < 1.29 is 22.4 Å². The summed E-state index contributed by atoms with van der Waals surface area (Å²) in [5, 5.41) is 2.45. The molecule has 0 radical (unpaired) electrons. The number of benzene rings is 1. The third-order valence-corrected chi connectivity index (χ3v) is 3.24. The van der Waals surface area contributed by atoms with Gasteiger partial charge < -0.3 is 9.73 Å². The summed E-state index contributed by atoms with van der Waals surface area (Å²) in [5.41, 5.74) is -3.83. The third kappa shape index (κ3) is 3.94. The van der Waals surface area contributed by atoms with E-state index < -0.39 is 11.4 Å². The van der Waals surface area contributed by atoms with Crippen molar-refractivity contribution in [3.05, 3.63) is 47.4 Å². The molecule has 1 amide bonds. The summed E-state index contributed by atoms with van der Waals surface area (Å²) in [5.74, 6) is -0.500. The van der Waals surface area contributed by atoms with E-state index in [2.05, 4.69) is 5.32 Å². The third-order valence-electron chi connectivity index (χ3n) is 2.21. The highest BCUT2D eigenvalue weighted by atomic mass is 35.5. The van der Waals surface area contributed by atoms with E-state index >= 15 is 0 Å². The normalized spacial score (nSPS) is 11.4. The molecule has 0 aliphatic rings. The Morgan fingerprint density at radius 2 is 1.85 bits per heavy atom. The number of anilines is 1. The Kier molecular flexibility index (Phi) is 4.29. The van der Waals surface area contributed by atoms with Crippen molar-refractivity contribution in [3.8, 4) is 0 Å². The summed E-state index contributed by atoms with van der Waals surface area (Å²) in [7, 11) is 0. The minimum atomic E-state index is -4.34. The highest BCUT2D eigenvalue weighted by Crippen LogP contribution is 2.37. The van der Waals surface area contributed by atoms with Gasteiger partial charge in [0, 0.05) is 10.6 Å². The van der Waals surface area contributed by atoms with Gasteiger partial charge in [-0.1, -0.05) is 0 Å². The molecule has 0 saturated carbocycles. The van der Waals surface area contributed by atoms with E-state index in [1.165, 1.54) is 36.6 Å². The topological polar surface area (TPSA) is 42.2 Å². The molecule has 3 nitrogen and oxygen atoms in total. The zero-order chi connectivity index (χ0) is 14.8. The minimum absolute atomic E-state index is 0.0387. The first-order chi connectivity index (χ1) is 9.35. The predicted molar refractivity (Wildman–Crippen MR) is 70.0 cm³/mol. The van der Waals surface area contributed by atoms with Gasteiger partial charge in [0.1, 0.15) is 0 Å². The number of alkyl halides is 3. The molecule has 2 rings (SSSR count). The Morgan fingerprint density at radius 3 is 2.35 bits per heavy atom. The molecule has 2 aromatic rings. The van der Waals surface area contributed by atoms with Crippen LogP contribution in [0.5, 0.6) is 0 Å². The zero-order valence-electron chi connectivity index (χ0n) is 9.70. The lowest BCUT2D eigenvalue weighted by Gasteiger charge is -2.07. The first kappa shape index (κ1) is 14.8. The van der Waals surface area contributed by atoms with Crippen LogP contribution in [0.2, 0.25) is 5.22 Å². The molecular formula is C12H7ClF3NO2S. The Bertz CT molecular complexity index is 610. The lowest BCUT2D eigenvalue weighted by Crippen LogP contribution is -2.11. The quantitative estimate of drug-likeness (QED) is 0.826. The fraction of sp³-hybridized carbons (Fsp3) is 0.0833. The van der Waals surface area contributed by atoms with Crippen molar-refractivity contribution in [3.63, 3.8) is 0 Å². The number of hydrogen-bond donors (Lipinski definition) is 1. The number of amides is 1. The van der Waals surface area contributed by atoms with Crippen LogP contribution < -0.4 is 5.32 Å². The number of thioether (sulfide) groups is 1. The SMILES string of the molecule is O=C(Nc1ccc(SC(F)(F)F)cc1)c1ccoc1Cl. The molecular weight excluding hydrogens is 315 g/mol. The Balaban J connectivity index is 2.04. The van der Waals surface area contributed by atoms with E-state index in [4.69, 9.17) is 16.0 Å². The molecule has 106 valence electrons. The Hall–Kier alpha value is -1.60. The summed E-state index contributed by atoms with van der Waals surface area (Å²) >= 11 is 5.42. The number of carbonyl (C=O) groups is 1. The van der Waals surface area contributed by atoms with Crippen molar-refractivity contribution >= 4 is 35.0 Å². The van der Waals surface area contributed by atoms with Gasteiger partial charge in [0.05, 0.1) is 11.8 Å². The maximum atomic E-state index is 12.2. The molecule has 20 heavy (non-hydrogen) atoms. The molecule has 0 unspecified atom stereocenters. The molecule has 8 heteroatoms. The van der Waals surface area contributed by atoms with E-state index in [0.717, 1.165) is 0 Å². The molecule has 0 bridgehead atoms. The summed E-state index contributed by atoms with van der Waals surface area (Å²) < 4.78 is 41.2. The van der Waals surface area contributed by atoms with Crippen molar-refractivity contribution in [2.45, 2.75) is 10.4 Å². The molecule has 0 aliphatic heterocycles. The van der Waals surface area contributed by atoms with Gasteiger partial charge >= 0.3 is 5.51 Å². The number of halogens is 4. The van der Waals surface area contributed by atoms with Gasteiger partial charge in [-0.3, -0.25) is 4.79 Å². The van der Waals surface area contributed by atoms with Crippen LogP contribution in [0.15, 0.2) is 45.9 Å². The number of nitrogens with one attached hydrogen (secondary N) is 1. The Labute approximate surface area is 121 Å². The number of furan rings is 1. The molecule has 1 aromatic carbocycles. The Morgan fingerprint density at radius 1 is 1.20 bits per heavy atom. The van der Waals surface area contributed by atoms with Crippen LogP contribution in [0.25, 0.3) is 0 Å². The molecule has 0 aliphatic carbocycles. The smallest absolute Gasteiger partial charge is 0.446 e. The minimum Gasteiger partial charge on any atom is -0.452 e. The standard InChI is InChI=1S/C12H7ClF3NO2S/c13-10-9(5-6-19-10)11(18)17-7-1-3-8(4-2-7)20-12(14,15)16/h1-6H,(H,17,18). The molecule has 1 heterocycles. The van der Waals surface area contributed by atoms with Crippen molar-refractivity contribution in [2.24, 2.45) is 0 Å². The highest BCUT2D eigenvalue weighted by Gasteiger charge is 2.29. The van der Waals surface area contributed by atoms with Crippen molar-refractivity contribution in [2.75, 3.05) is 5.32 Å². The molecule has 1 aromatic heterocycles. The van der Waals surface area contributed by atoms with Gasteiger partial charge in [0.2, 0.25) is 5.22 Å². The zero-order valence-corrected chi connectivity index (χ0v) is 11.3. The first-order valence-electron chi connectivity index (χ1n) is 5.25. The number of carbonyl (C=O) groups excluding carboxylic acids is 1. The maximum absolute atomic E-state index is 12.2. The second kappa shape index (κ2) is 5.80. The molecule has 0 saturated heterocycles. The van der Waals surface area contributed by atoms with E-state index in [1.54, 1.807) is 0 Å². The van der Waals surface area contributed by atoms with Crippen LogP contribution in [-0.2, 0) is 0 Å². The summed E-state index contributed by atoms with van der Waals surface area (Å²) in [6.45, 7) is 0. The van der Waals surface area contributed by atoms with Gasteiger partial charge in [-0.05, 0) is 53.7 Å². The van der Waals surface area contributed by atoms with Crippen LogP contribution in [0, 0.1) is 0 Å². The van der Waals surface area contributed by atoms with E-state index in [9.17, 15) is 18.0 Å². The van der Waals surface area contributed by atoms with Crippen LogP contribution >= 0.6 is 23.4 Å². The van der Waals surface area contributed by atoms with Crippen LogP contribution in [0.4, 0.5) is 18.9 Å². The van der Waals surface area contributed by atoms with Gasteiger partial charge in [-0.15, -0.1) is 0 Å². The number of hydrogen-bond acceptors (Lipinski definition) is 3. The lowest BCUT2D eigenvalue weighted by molar-refractivity contribution is -0.0328. The highest BCUT2D eigenvalue weighted by molar-refractivity contribution is 8.00. The second-order valence-corrected chi connectivity index (χ2v) is 5.12. The lowest BCUT2D eigenvalue weighted by atomic mass is 10.3. The average Bonchev–Trinajstić information content (AvgIpc) is 2.76. The largest absolute Gasteiger partial charge is 0.452 e. The van der Waals surface area contributed by atoms with Gasteiger partial charge in [0.25, 0.3) is 5.91 Å². The van der Waals surface area contributed by atoms with Crippen molar-refractivity contribution in [1.29, 1.82) is 0 Å². The average molecular weight is 322 g/mol. The summed E-state index contributed by atoms with van der Waals surface area (Å²) in [6.07, 6.45) is 1.26. The fourth-order valence-corrected chi connectivity index (χ4v) is 2.13. The summed E-state index contributed by atoms with van der Waals surface area (Å²) in [4.78, 5) is 11.8. The van der Waals surface area contributed by atoms with Gasteiger partial charge in [-0.2, -0.15) is 13.2 Å². The maximum Gasteiger partial charge on any atom is 0.446 e. The fourth-order valence-electron chi connectivity index (χ4n) is 1.39. The molecule has 0 atom stereocenters.